The fraction of sp³-hybridized carbons (Fsp3) is 0.0714. The fourth-order valence-corrected chi connectivity index (χ4v) is 2.05. The first kappa shape index (κ1) is 12.1. The quantitative estimate of drug-likeness (QED) is 0.672. The van der Waals surface area contributed by atoms with Gasteiger partial charge in [-0.15, -0.1) is 0 Å². The summed E-state index contributed by atoms with van der Waals surface area (Å²) in [5, 5.41) is 9.82. The number of aryl methyl sites for hydroxylation is 1. The van der Waals surface area contributed by atoms with Crippen LogP contribution in [-0.4, -0.2) is 10.9 Å². The molecule has 2 rings (SSSR count). The lowest BCUT2D eigenvalue weighted by Gasteiger charge is -2.07. The van der Waals surface area contributed by atoms with E-state index in [0.717, 1.165) is 9.13 Å². The maximum absolute atomic E-state index is 12.2. The lowest BCUT2D eigenvalue weighted by Crippen LogP contribution is -2.02. The Balaban J connectivity index is 2.48. The van der Waals surface area contributed by atoms with Crippen molar-refractivity contribution in [2.75, 3.05) is 0 Å². The van der Waals surface area contributed by atoms with Gasteiger partial charge in [0.05, 0.1) is 5.56 Å². The normalized spacial score (nSPS) is 10.2. The van der Waals surface area contributed by atoms with Crippen LogP contribution in [0.15, 0.2) is 42.5 Å². The van der Waals surface area contributed by atoms with Crippen molar-refractivity contribution in [2.45, 2.75) is 6.92 Å². The van der Waals surface area contributed by atoms with Crippen molar-refractivity contribution in [3.8, 4) is 5.75 Å². The number of ketones is 1. The van der Waals surface area contributed by atoms with Crippen LogP contribution in [0.4, 0.5) is 0 Å². The summed E-state index contributed by atoms with van der Waals surface area (Å²) in [4.78, 5) is 12.2. The highest BCUT2D eigenvalue weighted by molar-refractivity contribution is 14.1. The van der Waals surface area contributed by atoms with E-state index in [1.54, 1.807) is 24.3 Å². The third kappa shape index (κ3) is 2.49. The van der Waals surface area contributed by atoms with Crippen LogP contribution in [0.1, 0.15) is 21.5 Å². The standard InChI is InChI=1S/C14H11IO2/c1-9-7-11(13(16)8-12(9)15)14(17)10-5-3-2-4-6-10/h2-8,16H,1H3. The Hall–Kier alpha value is -1.36. The van der Waals surface area contributed by atoms with Crippen LogP contribution >= 0.6 is 22.6 Å². The van der Waals surface area contributed by atoms with Crippen molar-refractivity contribution >= 4 is 28.4 Å². The number of phenolic OH excluding ortho intramolecular Hbond substituents is 1. The van der Waals surface area contributed by atoms with Crippen LogP contribution in [0.3, 0.4) is 0 Å². The highest BCUT2D eigenvalue weighted by Gasteiger charge is 2.14. The Labute approximate surface area is 113 Å². The molecule has 17 heavy (non-hydrogen) atoms. The third-order valence-corrected chi connectivity index (χ3v) is 3.72. The maximum atomic E-state index is 12.2. The van der Waals surface area contributed by atoms with Gasteiger partial charge < -0.3 is 5.11 Å². The molecule has 2 aromatic rings. The molecule has 0 atom stereocenters. The minimum atomic E-state index is -0.150. The number of hydrogen-bond acceptors (Lipinski definition) is 2. The molecular weight excluding hydrogens is 327 g/mol. The van der Waals surface area contributed by atoms with Crippen molar-refractivity contribution in [1.29, 1.82) is 0 Å². The van der Waals surface area contributed by atoms with Crippen molar-refractivity contribution in [1.82, 2.24) is 0 Å². The van der Waals surface area contributed by atoms with Crippen LogP contribution in [0.2, 0.25) is 0 Å². The number of halogens is 1. The van der Waals surface area contributed by atoms with Gasteiger partial charge in [0.15, 0.2) is 5.78 Å². The summed E-state index contributed by atoms with van der Waals surface area (Å²) in [6.45, 7) is 1.92. The lowest BCUT2D eigenvalue weighted by molar-refractivity contribution is 0.103. The zero-order valence-corrected chi connectivity index (χ0v) is 11.4. The van der Waals surface area contributed by atoms with Crippen molar-refractivity contribution < 1.29 is 9.90 Å². The topological polar surface area (TPSA) is 37.3 Å². The van der Waals surface area contributed by atoms with E-state index in [0.29, 0.717) is 11.1 Å². The Morgan fingerprint density at radius 1 is 1.18 bits per heavy atom. The number of aromatic hydroxyl groups is 1. The molecule has 0 heterocycles. The van der Waals surface area contributed by atoms with E-state index in [4.69, 9.17) is 0 Å². The van der Waals surface area contributed by atoms with Crippen LogP contribution < -0.4 is 0 Å². The zero-order valence-electron chi connectivity index (χ0n) is 9.27. The lowest BCUT2D eigenvalue weighted by atomic mass is 10.0. The molecule has 0 spiro atoms. The molecule has 0 bridgehead atoms. The van der Waals surface area contributed by atoms with E-state index in [1.807, 2.05) is 25.1 Å². The van der Waals surface area contributed by atoms with Gasteiger partial charge in [-0.05, 0) is 47.2 Å². The number of carbonyl (C=O) groups is 1. The molecule has 0 amide bonds. The number of benzene rings is 2. The zero-order chi connectivity index (χ0) is 12.4. The first-order valence-corrected chi connectivity index (χ1v) is 6.26. The van der Waals surface area contributed by atoms with Crippen molar-refractivity contribution in [3.63, 3.8) is 0 Å². The molecular formula is C14H11IO2. The number of hydrogen-bond donors (Lipinski definition) is 1. The van der Waals surface area contributed by atoms with Gasteiger partial charge in [-0.2, -0.15) is 0 Å². The summed E-state index contributed by atoms with van der Waals surface area (Å²) in [6, 6.07) is 12.3. The number of carbonyl (C=O) groups excluding carboxylic acids is 1. The van der Waals surface area contributed by atoms with E-state index in [9.17, 15) is 9.90 Å². The molecule has 0 aliphatic heterocycles. The second-order valence-electron chi connectivity index (χ2n) is 3.81. The third-order valence-electron chi connectivity index (χ3n) is 2.56. The van der Waals surface area contributed by atoms with Crippen LogP contribution in [-0.2, 0) is 0 Å². The summed E-state index contributed by atoms with van der Waals surface area (Å²) in [5.74, 6) is -0.114. The Morgan fingerprint density at radius 3 is 2.47 bits per heavy atom. The first-order chi connectivity index (χ1) is 8.09. The van der Waals surface area contributed by atoms with Gasteiger partial charge in [0.2, 0.25) is 0 Å². The second kappa shape index (κ2) is 4.87. The summed E-state index contributed by atoms with van der Waals surface area (Å²) in [5.41, 5.74) is 1.93. The van der Waals surface area contributed by atoms with Gasteiger partial charge in [0.1, 0.15) is 5.75 Å². The predicted octanol–water partition coefficient (Wildman–Crippen LogP) is 3.54. The molecule has 0 aliphatic carbocycles. The van der Waals surface area contributed by atoms with Crippen LogP contribution in [0, 0.1) is 10.5 Å². The number of rotatable bonds is 2. The molecule has 0 saturated carbocycles. The average molecular weight is 338 g/mol. The Bertz CT molecular complexity index is 562. The van der Waals surface area contributed by atoms with E-state index in [1.165, 1.54) is 0 Å². The molecule has 0 saturated heterocycles. The Morgan fingerprint density at radius 2 is 1.82 bits per heavy atom. The van der Waals surface area contributed by atoms with E-state index >= 15 is 0 Å². The largest absolute Gasteiger partial charge is 0.507 e. The molecule has 1 N–H and O–H groups in total. The minimum Gasteiger partial charge on any atom is -0.507 e. The fourth-order valence-electron chi connectivity index (χ4n) is 1.60. The van der Waals surface area contributed by atoms with Gasteiger partial charge >= 0.3 is 0 Å². The van der Waals surface area contributed by atoms with Crippen LogP contribution in [0.25, 0.3) is 0 Å². The summed E-state index contributed by atoms with van der Waals surface area (Å²) < 4.78 is 0.949. The molecule has 86 valence electrons. The second-order valence-corrected chi connectivity index (χ2v) is 4.98. The van der Waals surface area contributed by atoms with Gasteiger partial charge in [-0.1, -0.05) is 30.3 Å². The summed E-state index contributed by atoms with van der Waals surface area (Å²) >= 11 is 2.13. The maximum Gasteiger partial charge on any atom is 0.196 e. The molecule has 0 unspecified atom stereocenters. The van der Waals surface area contributed by atoms with E-state index in [2.05, 4.69) is 22.6 Å². The number of phenols is 1. The smallest absolute Gasteiger partial charge is 0.196 e. The monoisotopic (exact) mass is 338 g/mol. The molecule has 2 nitrogen and oxygen atoms in total. The highest BCUT2D eigenvalue weighted by Crippen LogP contribution is 2.25. The van der Waals surface area contributed by atoms with Gasteiger partial charge in [0, 0.05) is 9.13 Å². The predicted molar refractivity (Wildman–Crippen MR) is 75.4 cm³/mol. The average Bonchev–Trinajstić information content (AvgIpc) is 2.34. The molecule has 2 aromatic carbocycles. The summed E-state index contributed by atoms with van der Waals surface area (Å²) in [6.07, 6.45) is 0. The SMILES string of the molecule is Cc1cc(C(=O)c2ccccc2)c(O)cc1I. The van der Waals surface area contributed by atoms with E-state index < -0.39 is 0 Å². The van der Waals surface area contributed by atoms with Crippen LogP contribution in [0.5, 0.6) is 5.75 Å². The highest BCUT2D eigenvalue weighted by atomic mass is 127. The first-order valence-electron chi connectivity index (χ1n) is 5.18. The minimum absolute atomic E-state index is 0.0360. The van der Waals surface area contributed by atoms with Crippen molar-refractivity contribution in [3.05, 3.63) is 62.7 Å². The van der Waals surface area contributed by atoms with Gasteiger partial charge in [-0.25, -0.2) is 0 Å². The van der Waals surface area contributed by atoms with E-state index in [-0.39, 0.29) is 11.5 Å². The van der Waals surface area contributed by atoms with Gasteiger partial charge in [0.25, 0.3) is 0 Å². The Kier molecular flexibility index (Phi) is 3.47. The molecule has 3 heteroatoms. The molecule has 0 fully saturated rings. The van der Waals surface area contributed by atoms with Gasteiger partial charge in [-0.3, -0.25) is 4.79 Å². The molecule has 0 aromatic heterocycles. The summed E-state index contributed by atoms with van der Waals surface area (Å²) in [7, 11) is 0. The van der Waals surface area contributed by atoms with Crippen molar-refractivity contribution in [2.24, 2.45) is 0 Å². The molecule has 0 radical (unpaired) electrons. The molecule has 0 aliphatic rings.